The van der Waals surface area contributed by atoms with Crippen LogP contribution in [0.15, 0.2) is 64.0 Å². The Morgan fingerprint density at radius 1 is 1.25 bits per heavy atom. The first-order chi connectivity index (χ1) is 13.6. The highest BCUT2D eigenvalue weighted by Crippen LogP contribution is 2.23. The topological polar surface area (TPSA) is 55.2 Å². The normalized spacial score (nSPS) is 12.6. The molecule has 0 bridgehead atoms. The van der Waals surface area contributed by atoms with Crippen LogP contribution in [0.4, 0.5) is 0 Å². The van der Waals surface area contributed by atoms with Gasteiger partial charge in [0.05, 0.1) is 23.4 Å². The predicted octanol–water partition coefficient (Wildman–Crippen LogP) is 6.20. The molecule has 2 heterocycles. The Bertz CT molecular complexity index is 945. The molecule has 2 rings (SSSR count). The molecule has 0 aliphatic heterocycles. The van der Waals surface area contributed by atoms with E-state index in [1.807, 2.05) is 55.5 Å². The number of rotatable bonds is 9. The van der Waals surface area contributed by atoms with Crippen molar-refractivity contribution in [1.29, 1.82) is 0 Å². The van der Waals surface area contributed by atoms with E-state index in [4.69, 9.17) is 20.8 Å². The van der Waals surface area contributed by atoms with Gasteiger partial charge >= 0.3 is 5.63 Å². The highest BCUT2D eigenvalue weighted by molar-refractivity contribution is 6.31. The molecule has 4 nitrogen and oxygen atoms in total. The molecule has 2 aromatic heterocycles. The van der Waals surface area contributed by atoms with E-state index in [0.717, 1.165) is 24.1 Å². The maximum absolute atomic E-state index is 12.3. The van der Waals surface area contributed by atoms with Crippen molar-refractivity contribution in [2.75, 3.05) is 7.11 Å². The Morgan fingerprint density at radius 3 is 2.68 bits per heavy atom. The SMILES string of the molecule is CCCCc1c(OC)cc(/C(C)=C/C=C/C=C/C=C/c2[nH]ccc2Cl)oc1=O. The van der Waals surface area contributed by atoms with Crippen molar-refractivity contribution >= 4 is 23.3 Å². The van der Waals surface area contributed by atoms with Gasteiger partial charge in [-0.05, 0) is 37.5 Å². The van der Waals surface area contributed by atoms with E-state index in [-0.39, 0.29) is 5.63 Å². The standard InChI is InChI=1S/C23H26ClNO3/c1-4-5-12-18-22(27-3)16-21(28-23(18)26)17(2)11-9-7-6-8-10-13-20-19(24)14-15-25-20/h6-11,13-16,25H,4-5,12H2,1-3H3/b8-6+,9-7+,13-10+,17-11+. The maximum atomic E-state index is 12.3. The fourth-order valence-corrected chi connectivity index (χ4v) is 2.75. The summed E-state index contributed by atoms with van der Waals surface area (Å²) in [7, 11) is 1.58. The highest BCUT2D eigenvalue weighted by Gasteiger charge is 2.12. The minimum absolute atomic E-state index is 0.326. The van der Waals surface area contributed by atoms with Gasteiger partial charge in [-0.25, -0.2) is 4.79 Å². The first kappa shape index (κ1) is 21.6. The molecular weight excluding hydrogens is 374 g/mol. The van der Waals surface area contributed by atoms with Gasteiger partial charge in [0.15, 0.2) is 0 Å². The summed E-state index contributed by atoms with van der Waals surface area (Å²) >= 11 is 5.99. The molecule has 0 unspecified atom stereocenters. The number of H-pyrrole nitrogens is 1. The summed E-state index contributed by atoms with van der Waals surface area (Å²) < 4.78 is 10.9. The van der Waals surface area contributed by atoms with Gasteiger partial charge in [-0.15, -0.1) is 0 Å². The zero-order valence-corrected chi connectivity index (χ0v) is 17.3. The summed E-state index contributed by atoms with van der Waals surface area (Å²) in [6.07, 6.45) is 17.7. The summed E-state index contributed by atoms with van der Waals surface area (Å²) in [4.78, 5) is 15.3. The number of aromatic nitrogens is 1. The monoisotopic (exact) mass is 399 g/mol. The number of allylic oxidation sites excluding steroid dienone is 7. The number of aromatic amines is 1. The lowest BCUT2D eigenvalue weighted by Gasteiger charge is -2.08. The van der Waals surface area contributed by atoms with Crippen molar-refractivity contribution in [3.63, 3.8) is 0 Å². The first-order valence-corrected chi connectivity index (χ1v) is 9.67. The van der Waals surface area contributed by atoms with E-state index in [2.05, 4.69) is 11.9 Å². The van der Waals surface area contributed by atoms with Crippen LogP contribution in [0.5, 0.6) is 5.75 Å². The zero-order chi connectivity index (χ0) is 20.4. The van der Waals surface area contributed by atoms with Crippen molar-refractivity contribution < 1.29 is 9.15 Å². The molecule has 0 saturated heterocycles. The minimum atomic E-state index is -0.326. The van der Waals surface area contributed by atoms with Crippen molar-refractivity contribution in [2.45, 2.75) is 33.1 Å². The number of unbranched alkanes of at least 4 members (excludes halogenated alkanes) is 1. The smallest absolute Gasteiger partial charge is 0.343 e. The lowest BCUT2D eigenvalue weighted by Crippen LogP contribution is -2.11. The summed E-state index contributed by atoms with van der Waals surface area (Å²) in [5.74, 6) is 1.10. The van der Waals surface area contributed by atoms with E-state index in [0.29, 0.717) is 28.5 Å². The zero-order valence-electron chi connectivity index (χ0n) is 16.5. The van der Waals surface area contributed by atoms with E-state index in [1.54, 1.807) is 19.4 Å². The molecule has 148 valence electrons. The van der Waals surface area contributed by atoms with Gasteiger partial charge in [-0.3, -0.25) is 0 Å². The third-order valence-electron chi connectivity index (χ3n) is 4.18. The van der Waals surface area contributed by atoms with Crippen molar-refractivity contribution in [3.05, 3.63) is 87.2 Å². The van der Waals surface area contributed by atoms with Gasteiger partial charge in [0.25, 0.3) is 0 Å². The van der Waals surface area contributed by atoms with Crippen LogP contribution in [0.25, 0.3) is 11.6 Å². The van der Waals surface area contributed by atoms with Gasteiger partial charge in [-0.2, -0.15) is 0 Å². The third-order valence-corrected chi connectivity index (χ3v) is 4.51. The minimum Gasteiger partial charge on any atom is -0.496 e. The number of ether oxygens (including phenoxy) is 1. The molecule has 0 aromatic carbocycles. The number of halogens is 1. The Labute approximate surface area is 170 Å². The summed E-state index contributed by atoms with van der Waals surface area (Å²) in [5.41, 5.74) is 1.99. The highest BCUT2D eigenvalue weighted by atomic mass is 35.5. The van der Waals surface area contributed by atoms with Crippen molar-refractivity contribution in [2.24, 2.45) is 0 Å². The van der Waals surface area contributed by atoms with Crippen molar-refractivity contribution in [1.82, 2.24) is 4.98 Å². The Morgan fingerprint density at radius 2 is 2.00 bits per heavy atom. The summed E-state index contributed by atoms with van der Waals surface area (Å²) in [6.45, 7) is 3.98. The van der Waals surface area contributed by atoms with Crippen LogP contribution in [0.2, 0.25) is 5.02 Å². The predicted molar refractivity (Wildman–Crippen MR) is 117 cm³/mol. The molecule has 0 aliphatic carbocycles. The van der Waals surface area contributed by atoms with Crippen LogP contribution >= 0.6 is 11.6 Å². The summed E-state index contributed by atoms with van der Waals surface area (Å²) in [5, 5.41) is 0.691. The lowest BCUT2D eigenvalue weighted by atomic mass is 10.1. The second-order valence-corrected chi connectivity index (χ2v) is 6.67. The van der Waals surface area contributed by atoms with Crippen LogP contribution in [0.3, 0.4) is 0 Å². The average molecular weight is 400 g/mol. The molecule has 1 N–H and O–H groups in total. The third kappa shape index (κ3) is 6.17. The number of methoxy groups -OCH3 is 1. The van der Waals surface area contributed by atoms with Crippen LogP contribution in [0.1, 0.15) is 43.7 Å². The van der Waals surface area contributed by atoms with E-state index >= 15 is 0 Å². The molecule has 0 amide bonds. The van der Waals surface area contributed by atoms with Crippen molar-refractivity contribution in [3.8, 4) is 5.75 Å². The quantitative estimate of drug-likeness (QED) is 0.510. The van der Waals surface area contributed by atoms with Gasteiger partial charge in [0, 0.05) is 12.3 Å². The molecule has 0 fully saturated rings. The Hall–Kier alpha value is -2.72. The first-order valence-electron chi connectivity index (χ1n) is 9.29. The van der Waals surface area contributed by atoms with Crippen LogP contribution in [0, 0.1) is 0 Å². The maximum Gasteiger partial charge on any atom is 0.343 e. The number of hydrogen-bond acceptors (Lipinski definition) is 3. The largest absolute Gasteiger partial charge is 0.496 e. The fourth-order valence-electron chi connectivity index (χ4n) is 2.57. The molecule has 5 heteroatoms. The second kappa shape index (κ2) is 11.2. The molecular formula is C23H26ClNO3. The Kier molecular flexibility index (Phi) is 8.63. The summed E-state index contributed by atoms with van der Waals surface area (Å²) in [6, 6.07) is 3.59. The van der Waals surface area contributed by atoms with Gasteiger partial charge in [-0.1, -0.05) is 61.4 Å². The average Bonchev–Trinajstić information content (AvgIpc) is 3.10. The molecule has 0 radical (unpaired) electrons. The van der Waals surface area contributed by atoms with E-state index in [9.17, 15) is 4.79 Å². The molecule has 0 atom stereocenters. The van der Waals surface area contributed by atoms with Gasteiger partial charge in [0.2, 0.25) is 0 Å². The number of nitrogens with one attached hydrogen (secondary N) is 1. The van der Waals surface area contributed by atoms with Crippen LogP contribution in [-0.2, 0) is 6.42 Å². The number of hydrogen-bond donors (Lipinski definition) is 1. The molecule has 0 aliphatic rings. The molecule has 28 heavy (non-hydrogen) atoms. The van der Waals surface area contributed by atoms with Gasteiger partial charge in [0.1, 0.15) is 11.5 Å². The molecule has 0 spiro atoms. The van der Waals surface area contributed by atoms with Gasteiger partial charge < -0.3 is 14.1 Å². The fraction of sp³-hybridized carbons (Fsp3) is 0.261. The van der Waals surface area contributed by atoms with E-state index in [1.165, 1.54) is 0 Å². The van der Waals surface area contributed by atoms with Crippen LogP contribution in [-0.4, -0.2) is 12.1 Å². The Balaban J connectivity index is 2.04. The molecule has 2 aromatic rings. The second-order valence-electron chi connectivity index (χ2n) is 6.27. The lowest BCUT2D eigenvalue weighted by molar-refractivity contribution is 0.390. The van der Waals surface area contributed by atoms with E-state index < -0.39 is 0 Å². The van der Waals surface area contributed by atoms with Crippen LogP contribution < -0.4 is 10.4 Å². The molecule has 0 saturated carbocycles.